The molecule has 2 amide bonds. The monoisotopic (exact) mass is 876 g/mol. The summed E-state index contributed by atoms with van der Waals surface area (Å²) in [6.07, 6.45) is -9.90. The van der Waals surface area contributed by atoms with E-state index < -0.39 is 91.1 Å². The number of nitro benzene ring substituents is 2. The Balaban J connectivity index is 1.06. The maximum Gasteiger partial charge on any atom is 0.417 e. The number of nitro groups is 2. The zero-order chi connectivity index (χ0) is 45.4. The Morgan fingerprint density at radius 2 is 0.887 bits per heavy atom. The fourth-order valence-electron chi connectivity index (χ4n) is 7.58. The molecule has 2 aliphatic heterocycles. The molecule has 0 bridgehead atoms. The summed E-state index contributed by atoms with van der Waals surface area (Å²) in [6, 6.07) is 11.7. The van der Waals surface area contributed by atoms with Crippen molar-refractivity contribution in [3.05, 3.63) is 138 Å². The Morgan fingerprint density at radius 1 is 0.548 bits per heavy atom. The van der Waals surface area contributed by atoms with Crippen LogP contribution in [0.4, 0.5) is 57.9 Å². The lowest BCUT2D eigenvalue weighted by Crippen LogP contribution is -2.49. The van der Waals surface area contributed by atoms with Crippen molar-refractivity contribution in [2.24, 2.45) is 0 Å². The van der Waals surface area contributed by atoms with Crippen molar-refractivity contribution in [3.8, 4) is 0 Å². The molecule has 21 heteroatoms. The minimum atomic E-state index is -4.95. The number of carbonyl (C=O) groups excluding carboxylic acids is 3. The third-order valence-corrected chi connectivity index (χ3v) is 11.1. The standard InChI is InChI=1S/C41H36F8N6O7/c1-23(25-3-9-35(33(42)19-25)50-11-15-52(16-12-50)38(57)29-21-27(54(59)60)5-7-31(29)40(44,45)46)37(56)24(2)26-4-10-36(34(43)20-26)51-13-17-53(18-14-51)39(58)30-22-28(55(61)62)6-8-32(30)41(47,48)49/h3-10,19-24H,11-18H2,1-2H3. The summed E-state index contributed by atoms with van der Waals surface area (Å²) >= 11 is 0. The van der Waals surface area contributed by atoms with Crippen LogP contribution in [0.25, 0.3) is 0 Å². The summed E-state index contributed by atoms with van der Waals surface area (Å²) < 4.78 is 113. The molecular weight excluding hydrogens is 840 g/mol. The number of hydrogen-bond donors (Lipinski definition) is 0. The van der Waals surface area contributed by atoms with Gasteiger partial charge in [-0.3, -0.25) is 34.6 Å². The van der Waals surface area contributed by atoms with Crippen LogP contribution in [0.3, 0.4) is 0 Å². The van der Waals surface area contributed by atoms with E-state index in [1.807, 2.05) is 0 Å². The number of ketones is 1. The number of carbonyl (C=O) groups is 3. The molecule has 2 aliphatic rings. The number of piperazine rings is 2. The topological polar surface area (TPSA) is 150 Å². The van der Waals surface area contributed by atoms with Gasteiger partial charge in [-0.05, 0) is 47.5 Å². The quantitative estimate of drug-likeness (QED) is 0.0873. The molecule has 2 atom stereocenters. The average Bonchev–Trinajstić information content (AvgIpc) is 3.24. The van der Waals surface area contributed by atoms with E-state index in [0.717, 1.165) is 21.9 Å². The molecule has 4 aromatic rings. The molecule has 0 saturated carbocycles. The number of alkyl halides is 6. The number of rotatable bonds is 10. The van der Waals surface area contributed by atoms with E-state index >= 15 is 8.78 Å². The Labute approximate surface area is 347 Å². The van der Waals surface area contributed by atoms with E-state index in [2.05, 4.69) is 0 Å². The normalized spacial score (nSPS) is 15.9. The van der Waals surface area contributed by atoms with E-state index in [1.54, 1.807) is 23.6 Å². The molecule has 0 N–H and O–H groups in total. The Morgan fingerprint density at radius 3 is 1.18 bits per heavy atom. The van der Waals surface area contributed by atoms with Gasteiger partial charge in [0.2, 0.25) is 0 Å². The van der Waals surface area contributed by atoms with E-state index in [-0.39, 0.29) is 69.5 Å². The molecule has 0 aliphatic carbocycles. The molecule has 13 nitrogen and oxygen atoms in total. The lowest BCUT2D eigenvalue weighted by molar-refractivity contribution is -0.385. The molecule has 2 fully saturated rings. The van der Waals surface area contributed by atoms with Crippen molar-refractivity contribution in [2.75, 3.05) is 62.2 Å². The van der Waals surface area contributed by atoms with Gasteiger partial charge >= 0.3 is 12.4 Å². The van der Waals surface area contributed by atoms with Gasteiger partial charge in [-0.25, -0.2) is 8.78 Å². The van der Waals surface area contributed by atoms with Crippen LogP contribution >= 0.6 is 0 Å². The summed E-state index contributed by atoms with van der Waals surface area (Å²) in [6.45, 7) is 2.70. The summed E-state index contributed by atoms with van der Waals surface area (Å²) in [5.41, 5.74) is -4.92. The van der Waals surface area contributed by atoms with E-state index in [9.17, 15) is 61.0 Å². The zero-order valence-electron chi connectivity index (χ0n) is 32.8. The van der Waals surface area contributed by atoms with E-state index in [4.69, 9.17) is 0 Å². The maximum atomic E-state index is 15.6. The summed E-state index contributed by atoms with van der Waals surface area (Å²) in [7, 11) is 0. The minimum Gasteiger partial charge on any atom is -0.366 e. The number of Topliss-reactive ketones (excluding diaryl/α,β-unsaturated/α-hetero) is 1. The predicted molar refractivity (Wildman–Crippen MR) is 207 cm³/mol. The molecule has 0 spiro atoms. The van der Waals surface area contributed by atoms with Crippen molar-refractivity contribution >= 4 is 40.3 Å². The Bertz CT molecular complexity index is 2260. The molecule has 2 unspecified atom stereocenters. The first-order valence-corrected chi connectivity index (χ1v) is 19.0. The fraction of sp³-hybridized carbons (Fsp3) is 0.341. The second-order valence-electron chi connectivity index (χ2n) is 14.8. The lowest BCUT2D eigenvalue weighted by Gasteiger charge is -2.36. The van der Waals surface area contributed by atoms with Crippen LogP contribution in [0.1, 0.15) is 68.7 Å². The first-order valence-electron chi connectivity index (χ1n) is 19.0. The van der Waals surface area contributed by atoms with Crippen LogP contribution in [0.5, 0.6) is 0 Å². The van der Waals surface area contributed by atoms with Crippen LogP contribution in [0, 0.1) is 31.9 Å². The van der Waals surface area contributed by atoms with E-state index in [0.29, 0.717) is 47.5 Å². The van der Waals surface area contributed by atoms with Crippen molar-refractivity contribution in [1.82, 2.24) is 9.80 Å². The molecule has 2 heterocycles. The molecular formula is C41H36F8N6O7. The average molecular weight is 877 g/mol. The fourth-order valence-corrected chi connectivity index (χ4v) is 7.58. The van der Waals surface area contributed by atoms with Gasteiger partial charge in [-0.1, -0.05) is 26.0 Å². The van der Waals surface area contributed by atoms with Crippen LogP contribution in [0.2, 0.25) is 0 Å². The van der Waals surface area contributed by atoms with Gasteiger partial charge in [0.25, 0.3) is 23.2 Å². The highest BCUT2D eigenvalue weighted by atomic mass is 19.4. The van der Waals surface area contributed by atoms with E-state index in [1.165, 1.54) is 24.3 Å². The molecule has 328 valence electrons. The van der Waals surface area contributed by atoms with Crippen LogP contribution < -0.4 is 9.80 Å². The van der Waals surface area contributed by atoms with Gasteiger partial charge in [0.05, 0.1) is 43.5 Å². The minimum absolute atomic E-state index is 0.0163. The number of non-ortho nitro benzene ring substituents is 2. The highest BCUT2D eigenvalue weighted by Gasteiger charge is 2.40. The van der Waals surface area contributed by atoms with Crippen LogP contribution in [0.15, 0.2) is 72.8 Å². The third-order valence-electron chi connectivity index (χ3n) is 11.1. The molecule has 4 aromatic carbocycles. The van der Waals surface area contributed by atoms with Crippen molar-refractivity contribution < 1.29 is 59.4 Å². The van der Waals surface area contributed by atoms with Crippen molar-refractivity contribution in [1.29, 1.82) is 0 Å². The number of halogens is 8. The zero-order valence-corrected chi connectivity index (χ0v) is 32.8. The number of anilines is 2. The number of benzene rings is 4. The number of amides is 2. The lowest BCUT2D eigenvalue weighted by atomic mass is 9.85. The Kier molecular flexibility index (Phi) is 12.6. The van der Waals surface area contributed by atoms with Gasteiger partial charge in [0.1, 0.15) is 17.4 Å². The summed E-state index contributed by atoms with van der Waals surface area (Å²) in [4.78, 5) is 65.8. The molecule has 6 rings (SSSR count). The van der Waals surface area contributed by atoms with Crippen molar-refractivity contribution in [2.45, 2.75) is 38.0 Å². The highest BCUT2D eigenvalue weighted by Crippen LogP contribution is 2.37. The van der Waals surface area contributed by atoms with Gasteiger partial charge < -0.3 is 19.6 Å². The molecule has 2 saturated heterocycles. The first kappa shape index (κ1) is 44.9. The largest absolute Gasteiger partial charge is 0.417 e. The maximum absolute atomic E-state index is 15.6. The first-order chi connectivity index (χ1) is 29.1. The van der Waals surface area contributed by atoms with Gasteiger partial charge in [0, 0.05) is 88.5 Å². The van der Waals surface area contributed by atoms with Crippen molar-refractivity contribution in [3.63, 3.8) is 0 Å². The predicted octanol–water partition coefficient (Wildman–Crippen LogP) is 8.22. The van der Waals surface area contributed by atoms with Gasteiger partial charge in [-0.15, -0.1) is 0 Å². The SMILES string of the molecule is CC(C(=O)C(C)c1ccc(N2CCN(C(=O)c3cc([N+](=O)[O-])ccc3C(F)(F)F)CC2)c(F)c1)c1ccc(N2CCN(C(=O)c3cc([N+](=O)[O-])ccc3C(F)(F)F)CC2)c(F)c1. The smallest absolute Gasteiger partial charge is 0.366 e. The highest BCUT2D eigenvalue weighted by molar-refractivity contribution is 5.97. The molecule has 0 aromatic heterocycles. The molecule has 0 radical (unpaired) electrons. The van der Waals surface area contributed by atoms with Gasteiger partial charge in [-0.2, -0.15) is 26.3 Å². The Hall–Kier alpha value is -6.67. The number of nitrogens with zero attached hydrogens (tertiary/aromatic N) is 6. The number of hydrogen-bond acceptors (Lipinski definition) is 9. The second-order valence-corrected chi connectivity index (χ2v) is 14.8. The second kappa shape index (κ2) is 17.4. The van der Waals surface area contributed by atoms with Crippen LogP contribution in [-0.2, 0) is 17.1 Å². The summed E-state index contributed by atoms with van der Waals surface area (Å²) in [5, 5.41) is 22.4. The molecule has 62 heavy (non-hydrogen) atoms. The van der Waals surface area contributed by atoms with Crippen LogP contribution in [-0.4, -0.2) is 89.6 Å². The third kappa shape index (κ3) is 9.30. The summed E-state index contributed by atoms with van der Waals surface area (Å²) in [5.74, 6) is -5.65. The van der Waals surface area contributed by atoms with Gasteiger partial charge in [0.15, 0.2) is 0 Å².